The van der Waals surface area contributed by atoms with Crippen LogP contribution in [-0.4, -0.2) is 47.2 Å². The van der Waals surface area contributed by atoms with Crippen LogP contribution in [0.4, 0.5) is 0 Å². The van der Waals surface area contributed by atoms with Gasteiger partial charge in [0.15, 0.2) is 0 Å². The molecule has 0 spiro atoms. The Hall–Kier alpha value is -1.46. The van der Waals surface area contributed by atoms with E-state index in [-0.39, 0.29) is 17.9 Å². The largest absolute Gasteiger partial charge is 0.385 e. The fourth-order valence-electron chi connectivity index (χ4n) is 3.87. The molecule has 1 aromatic rings. The second-order valence-corrected chi connectivity index (χ2v) is 6.82. The topological polar surface area (TPSA) is 62.7 Å². The lowest BCUT2D eigenvalue weighted by Crippen LogP contribution is -2.48. The van der Waals surface area contributed by atoms with Crippen molar-refractivity contribution >= 4 is 5.91 Å². The number of amides is 1. The lowest BCUT2D eigenvalue weighted by Gasteiger charge is -2.40. The van der Waals surface area contributed by atoms with Gasteiger partial charge in [-0.15, -0.1) is 0 Å². The van der Waals surface area contributed by atoms with Crippen LogP contribution in [0.2, 0.25) is 0 Å². The van der Waals surface area contributed by atoms with Crippen molar-refractivity contribution in [1.29, 1.82) is 0 Å². The number of piperidine rings is 1. The highest BCUT2D eigenvalue weighted by molar-refractivity contribution is 5.79. The highest BCUT2D eigenvalue weighted by Crippen LogP contribution is 2.34. The molecule has 0 unspecified atom stereocenters. The van der Waals surface area contributed by atoms with Crippen LogP contribution in [0.1, 0.15) is 44.1 Å². The van der Waals surface area contributed by atoms with E-state index >= 15 is 0 Å². The third-order valence-corrected chi connectivity index (χ3v) is 5.41. The third kappa shape index (κ3) is 3.56. The molecule has 5 nitrogen and oxygen atoms in total. The van der Waals surface area contributed by atoms with Crippen LogP contribution in [0.5, 0.6) is 0 Å². The van der Waals surface area contributed by atoms with E-state index in [1.807, 2.05) is 17.0 Å². The fraction of sp³-hybridized carbons (Fsp3) is 0.667. The predicted molar refractivity (Wildman–Crippen MR) is 86.7 cm³/mol. The standard InChI is InChI=1S/C18H26N2O3/c1-23-16-6-2-4-14(12-16)17(21)20-10-7-18(22,8-11-20)15-5-3-9-19-13-15/h3,5,9,13-14,16,22H,2,4,6-8,10-12H2,1H3/t14-,16+/m0/s1. The van der Waals surface area contributed by atoms with Crippen molar-refractivity contribution in [2.75, 3.05) is 20.2 Å². The molecular formula is C18H26N2O3. The number of carbonyl (C=O) groups is 1. The Morgan fingerprint density at radius 2 is 2.17 bits per heavy atom. The SMILES string of the molecule is CO[C@@H]1CCC[C@H](C(=O)N2CCC(O)(c3cccnc3)CC2)C1. The van der Waals surface area contributed by atoms with Crippen LogP contribution in [0.15, 0.2) is 24.5 Å². The summed E-state index contributed by atoms with van der Waals surface area (Å²) in [6, 6.07) is 3.76. The zero-order valence-electron chi connectivity index (χ0n) is 13.8. The average Bonchev–Trinajstić information content (AvgIpc) is 2.62. The van der Waals surface area contributed by atoms with Gasteiger partial charge in [-0.25, -0.2) is 0 Å². The molecular weight excluding hydrogens is 292 g/mol. The van der Waals surface area contributed by atoms with Crippen molar-refractivity contribution in [2.24, 2.45) is 5.92 Å². The molecule has 126 valence electrons. The molecule has 1 aliphatic heterocycles. The van der Waals surface area contributed by atoms with Crippen LogP contribution in [0, 0.1) is 5.92 Å². The van der Waals surface area contributed by atoms with Gasteiger partial charge in [0.1, 0.15) is 0 Å². The maximum atomic E-state index is 12.7. The molecule has 1 saturated heterocycles. The van der Waals surface area contributed by atoms with E-state index < -0.39 is 5.60 Å². The van der Waals surface area contributed by atoms with Crippen molar-refractivity contribution in [1.82, 2.24) is 9.88 Å². The molecule has 0 bridgehead atoms. The molecule has 2 atom stereocenters. The Morgan fingerprint density at radius 3 is 2.83 bits per heavy atom. The fourth-order valence-corrected chi connectivity index (χ4v) is 3.87. The van der Waals surface area contributed by atoms with E-state index in [0.29, 0.717) is 25.9 Å². The summed E-state index contributed by atoms with van der Waals surface area (Å²) in [6.07, 6.45) is 8.71. The van der Waals surface area contributed by atoms with Gasteiger partial charge in [0, 0.05) is 44.1 Å². The van der Waals surface area contributed by atoms with E-state index in [1.165, 1.54) is 0 Å². The predicted octanol–water partition coefficient (Wildman–Crippen LogP) is 2.10. The van der Waals surface area contributed by atoms with Gasteiger partial charge in [0.25, 0.3) is 0 Å². The maximum Gasteiger partial charge on any atom is 0.225 e. The Labute approximate surface area is 137 Å². The summed E-state index contributed by atoms with van der Waals surface area (Å²) in [7, 11) is 1.73. The lowest BCUT2D eigenvalue weighted by atomic mass is 9.83. The molecule has 1 aliphatic carbocycles. The first kappa shape index (κ1) is 16.4. The number of hydrogen-bond donors (Lipinski definition) is 1. The van der Waals surface area contributed by atoms with Crippen molar-refractivity contribution in [2.45, 2.75) is 50.2 Å². The van der Waals surface area contributed by atoms with E-state index in [2.05, 4.69) is 4.98 Å². The van der Waals surface area contributed by atoms with Crippen molar-refractivity contribution in [3.63, 3.8) is 0 Å². The Bertz CT molecular complexity index is 526. The first-order valence-electron chi connectivity index (χ1n) is 8.57. The normalized spacial score (nSPS) is 27.7. The van der Waals surface area contributed by atoms with Gasteiger partial charge in [-0.2, -0.15) is 0 Å². The zero-order valence-corrected chi connectivity index (χ0v) is 13.8. The number of ether oxygens (including phenoxy) is 1. The lowest BCUT2D eigenvalue weighted by molar-refractivity contribution is -0.142. The molecule has 0 radical (unpaired) electrons. The monoisotopic (exact) mass is 318 g/mol. The molecule has 3 rings (SSSR count). The van der Waals surface area contributed by atoms with Gasteiger partial charge in [-0.3, -0.25) is 9.78 Å². The minimum atomic E-state index is -0.854. The number of rotatable bonds is 3. The third-order valence-electron chi connectivity index (χ3n) is 5.41. The summed E-state index contributed by atoms with van der Waals surface area (Å²) in [5, 5.41) is 10.8. The second-order valence-electron chi connectivity index (χ2n) is 6.82. The Morgan fingerprint density at radius 1 is 1.39 bits per heavy atom. The summed E-state index contributed by atoms with van der Waals surface area (Å²) >= 11 is 0. The quantitative estimate of drug-likeness (QED) is 0.927. The molecule has 1 N–H and O–H groups in total. The van der Waals surface area contributed by atoms with E-state index in [0.717, 1.165) is 31.2 Å². The first-order valence-corrected chi connectivity index (χ1v) is 8.57. The first-order chi connectivity index (χ1) is 11.1. The number of nitrogens with zero attached hydrogens (tertiary/aromatic N) is 2. The summed E-state index contributed by atoms with van der Waals surface area (Å²) in [5.74, 6) is 0.318. The van der Waals surface area contributed by atoms with Crippen LogP contribution in [-0.2, 0) is 15.1 Å². The number of methoxy groups -OCH3 is 1. The summed E-state index contributed by atoms with van der Waals surface area (Å²) < 4.78 is 5.43. The maximum absolute atomic E-state index is 12.7. The average molecular weight is 318 g/mol. The smallest absolute Gasteiger partial charge is 0.225 e. The number of hydrogen-bond acceptors (Lipinski definition) is 4. The van der Waals surface area contributed by atoms with Crippen LogP contribution in [0.25, 0.3) is 0 Å². The zero-order chi connectivity index (χ0) is 16.3. The van der Waals surface area contributed by atoms with Crippen molar-refractivity contribution < 1.29 is 14.6 Å². The molecule has 2 fully saturated rings. The molecule has 1 aromatic heterocycles. The van der Waals surface area contributed by atoms with E-state index in [4.69, 9.17) is 4.74 Å². The highest BCUT2D eigenvalue weighted by Gasteiger charge is 2.38. The van der Waals surface area contributed by atoms with Crippen molar-refractivity contribution in [3.05, 3.63) is 30.1 Å². The van der Waals surface area contributed by atoms with Crippen molar-refractivity contribution in [3.8, 4) is 0 Å². The Kier molecular flexibility index (Phi) is 4.97. The molecule has 1 saturated carbocycles. The van der Waals surface area contributed by atoms with E-state index in [9.17, 15) is 9.90 Å². The van der Waals surface area contributed by atoms with E-state index in [1.54, 1.807) is 19.5 Å². The minimum absolute atomic E-state index is 0.0817. The molecule has 2 aliphatic rings. The molecule has 0 aromatic carbocycles. The minimum Gasteiger partial charge on any atom is -0.385 e. The molecule has 1 amide bonds. The highest BCUT2D eigenvalue weighted by atomic mass is 16.5. The van der Waals surface area contributed by atoms with Gasteiger partial charge in [0.2, 0.25) is 5.91 Å². The Balaban J connectivity index is 1.59. The van der Waals surface area contributed by atoms with Gasteiger partial charge >= 0.3 is 0 Å². The number of aliphatic hydroxyl groups is 1. The van der Waals surface area contributed by atoms with Gasteiger partial charge in [-0.05, 0) is 38.2 Å². The summed E-state index contributed by atoms with van der Waals surface area (Å²) in [6.45, 7) is 1.22. The number of aromatic nitrogens is 1. The van der Waals surface area contributed by atoms with Gasteiger partial charge in [0.05, 0.1) is 11.7 Å². The summed E-state index contributed by atoms with van der Waals surface area (Å²) in [5.41, 5.74) is -0.00337. The van der Waals surface area contributed by atoms with Gasteiger partial charge < -0.3 is 14.7 Å². The molecule has 23 heavy (non-hydrogen) atoms. The summed E-state index contributed by atoms with van der Waals surface area (Å²) in [4.78, 5) is 18.8. The van der Waals surface area contributed by atoms with Crippen LogP contribution in [0.3, 0.4) is 0 Å². The molecule has 5 heteroatoms. The number of pyridine rings is 1. The number of carbonyl (C=O) groups excluding carboxylic acids is 1. The van der Waals surface area contributed by atoms with Crippen LogP contribution < -0.4 is 0 Å². The van der Waals surface area contributed by atoms with Crippen LogP contribution >= 0.6 is 0 Å². The second kappa shape index (κ2) is 6.97. The number of likely N-dealkylation sites (tertiary alicyclic amines) is 1. The van der Waals surface area contributed by atoms with Gasteiger partial charge in [-0.1, -0.05) is 12.5 Å². The molecule has 2 heterocycles.